The van der Waals surface area contributed by atoms with E-state index in [1.54, 1.807) is 0 Å². The topological polar surface area (TPSA) is 77.2 Å². The zero-order valence-corrected chi connectivity index (χ0v) is 14.5. The number of carbonyl (C=O) groups is 1. The van der Waals surface area contributed by atoms with Crippen molar-refractivity contribution < 1.29 is 27.8 Å². The molecule has 0 spiro atoms. The minimum atomic E-state index is -4.74. The third-order valence-electron chi connectivity index (χ3n) is 4.86. The smallest absolute Gasteiger partial charge is 0.481 e. The summed E-state index contributed by atoms with van der Waals surface area (Å²) in [5.41, 5.74) is 0.671. The fraction of sp³-hybridized carbons (Fsp3) is 0.389. The first-order valence-electron chi connectivity index (χ1n) is 8.43. The van der Waals surface area contributed by atoms with Gasteiger partial charge in [0, 0.05) is 0 Å². The Morgan fingerprint density at radius 2 is 2.04 bits per heavy atom. The largest absolute Gasteiger partial charge is 0.573 e. The summed E-state index contributed by atoms with van der Waals surface area (Å²) in [5.74, 6) is -0.619. The second-order valence-corrected chi connectivity index (χ2v) is 6.43. The van der Waals surface area contributed by atoms with Gasteiger partial charge in [0.25, 0.3) is 0 Å². The summed E-state index contributed by atoms with van der Waals surface area (Å²) in [6.45, 7) is 1.87. The van der Waals surface area contributed by atoms with Crippen molar-refractivity contribution in [3.63, 3.8) is 0 Å². The summed E-state index contributed by atoms with van der Waals surface area (Å²) < 4.78 is 41.9. The second-order valence-electron chi connectivity index (χ2n) is 6.43. The molecule has 2 aromatic rings. The van der Waals surface area contributed by atoms with Gasteiger partial charge < -0.3 is 9.84 Å². The van der Waals surface area contributed by atoms with Crippen LogP contribution in [0.1, 0.15) is 38.4 Å². The first-order chi connectivity index (χ1) is 12.7. The van der Waals surface area contributed by atoms with E-state index in [9.17, 15) is 23.1 Å². The van der Waals surface area contributed by atoms with Crippen LogP contribution < -0.4 is 4.74 Å². The number of benzene rings is 1. The van der Waals surface area contributed by atoms with Gasteiger partial charge in [-0.1, -0.05) is 13.0 Å². The first-order valence-corrected chi connectivity index (χ1v) is 8.43. The Kier molecular flexibility index (Phi) is 4.95. The molecule has 27 heavy (non-hydrogen) atoms. The highest BCUT2D eigenvalue weighted by Crippen LogP contribution is 2.40. The van der Waals surface area contributed by atoms with Crippen LogP contribution in [0.2, 0.25) is 0 Å². The van der Waals surface area contributed by atoms with Crippen molar-refractivity contribution in [2.24, 2.45) is 5.41 Å². The number of rotatable bonds is 5. The van der Waals surface area contributed by atoms with Crippen LogP contribution in [0, 0.1) is 5.41 Å². The predicted molar refractivity (Wildman–Crippen MR) is 90.2 cm³/mol. The van der Waals surface area contributed by atoms with Gasteiger partial charge in [0.1, 0.15) is 12.1 Å². The number of nitrogens with zero attached hydrogens (tertiary/aromatic N) is 3. The van der Waals surface area contributed by atoms with Crippen LogP contribution in [0.4, 0.5) is 13.2 Å². The van der Waals surface area contributed by atoms with Crippen molar-refractivity contribution in [1.82, 2.24) is 14.8 Å². The number of alkyl halides is 3. The zero-order chi connectivity index (χ0) is 19.7. The van der Waals surface area contributed by atoms with Crippen LogP contribution in [0.15, 0.2) is 36.7 Å². The van der Waals surface area contributed by atoms with E-state index in [4.69, 9.17) is 0 Å². The molecule has 0 saturated carbocycles. The Morgan fingerprint density at radius 1 is 1.33 bits per heavy atom. The van der Waals surface area contributed by atoms with Crippen LogP contribution >= 0.6 is 0 Å². The number of hydrogen-bond acceptors (Lipinski definition) is 4. The zero-order valence-electron chi connectivity index (χ0n) is 14.5. The minimum absolute atomic E-state index is 0.314. The van der Waals surface area contributed by atoms with Gasteiger partial charge in [-0.3, -0.25) is 4.79 Å². The maximum atomic E-state index is 12.2. The normalized spacial score (nSPS) is 20.2. The fourth-order valence-corrected chi connectivity index (χ4v) is 3.10. The van der Waals surface area contributed by atoms with Gasteiger partial charge in [-0.25, -0.2) is 9.67 Å². The van der Waals surface area contributed by atoms with Gasteiger partial charge in [-0.05, 0) is 55.5 Å². The molecule has 144 valence electrons. The maximum absolute atomic E-state index is 12.2. The van der Waals surface area contributed by atoms with E-state index in [-0.39, 0.29) is 5.75 Å². The molecule has 1 aliphatic carbocycles. The molecule has 0 radical (unpaired) electrons. The van der Waals surface area contributed by atoms with Crippen molar-refractivity contribution in [2.75, 3.05) is 0 Å². The van der Waals surface area contributed by atoms with E-state index < -0.39 is 17.7 Å². The van der Waals surface area contributed by atoms with Crippen LogP contribution in [0.25, 0.3) is 11.3 Å². The van der Waals surface area contributed by atoms with Crippen LogP contribution in [0.5, 0.6) is 5.75 Å². The highest BCUT2D eigenvalue weighted by atomic mass is 19.4. The third kappa shape index (κ3) is 4.12. The van der Waals surface area contributed by atoms with Crippen molar-refractivity contribution >= 4 is 11.5 Å². The second kappa shape index (κ2) is 7.05. The lowest BCUT2D eigenvalue weighted by Gasteiger charge is -2.30. The molecule has 6 nitrogen and oxygen atoms in total. The molecular weight excluding hydrogens is 363 g/mol. The highest BCUT2D eigenvalue weighted by molar-refractivity contribution is 5.77. The lowest BCUT2D eigenvalue weighted by molar-refractivity contribution is -0.274. The fourth-order valence-electron chi connectivity index (χ4n) is 3.10. The lowest BCUT2D eigenvalue weighted by Crippen LogP contribution is -2.31. The Morgan fingerprint density at radius 3 is 2.56 bits per heavy atom. The highest BCUT2D eigenvalue weighted by Gasteiger charge is 2.38. The minimum Gasteiger partial charge on any atom is -0.481 e. The Bertz CT molecular complexity index is 859. The van der Waals surface area contributed by atoms with Crippen LogP contribution in [-0.2, 0) is 4.79 Å². The third-order valence-corrected chi connectivity index (χ3v) is 4.86. The molecule has 3 rings (SSSR count). The van der Waals surface area contributed by atoms with Crippen molar-refractivity contribution in [2.45, 2.75) is 39.0 Å². The predicted octanol–water partition coefficient (Wildman–Crippen LogP) is 4.21. The molecule has 1 heterocycles. The Labute approximate surface area is 153 Å². The molecule has 1 N–H and O–H groups in total. The summed E-state index contributed by atoms with van der Waals surface area (Å²) >= 11 is 0. The number of carboxylic acids is 1. The van der Waals surface area contributed by atoms with Crippen LogP contribution in [-0.4, -0.2) is 32.2 Å². The van der Waals surface area contributed by atoms with Crippen molar-refractivity contribution in [3.8, 4) is 11.4 Å². The first kappa shape index (κ1) is 18.9. The Balaban J connectivity index is 1.75. The van der Waals surface area contributed by atoms with E-state index in [2.05, 4.69) is 14.8 Å². The van der Waals surface area contributed by atoms with Gasteiger partial charge in [-0.15, -0.1) is 18.3 Å². The lowest BCUT2D eigenvalue weighted by atomic mass is 9.73. The standard InChI is InChI=1S/C18H18F3N3O3/c1-2-17(16(25)26)9-7-12(8-10-17)15-22-11-24(23-15)13-3-5-14(6-4-13)27-18(19,20)21/h3-7,11H,2,8-10H2,1H3,(H,25,26). The van der Waals surface area contributed by atoms with Gasteiger partial charge >= 0.3 is 12.3 Å². The molecular formula is C18H18F3N3O3. The summed E-state index contributed by atoms with van der Waals surface area (Å²) in [5, 5.41) is 13.8. The maximum Gasteiger partial charge on any atom is 0.573 e. The number of ether oxygens (including phenoxy) is 1. The van der Waals surface area contributed by atoms with Crippen LogP contribution in [0.3, 0.4) is 0 Å². The van der Waals surface area contributed by atoms with E-state index in [0.29, 0.717) is 37.2 Å². The van der Waals surface area contributed by atoms with Gasteiger partial charge in [0.05, 0.1) is 11.1 Å². The SMILES string of the molecule is CCC1(C(=O)O)CC=C(c2ncn(-c3ccc(OC(F)(F)F)cc3)n2)CC1. The monoisotopic (exact) mass is 381 g/mol. The van der Waals surface area contributed by atoms with Crippen molar-refractivity contribution in [1.29, 1.82) is 0 Å². The molecule has 1 aromatic carbocycles. The van der Waals surface area contributed by atoms with Gasteiger partial charge in [0.15, 0.2) is 5.82 Å². The molecule has 1 unspecified atom stereocenters. The average Bonchev–Trinajstić information content (AvgIpc) is 3.11. The summed E-state index contributed by atoms with van der Waals surface area (Å²) in [7, 11) is 0. The average molecular weight is 381 g/mol. The van der Waals surface area contributed by atoms with E-state index in [1.165, 1.54) is 35.3 Å². The Hall–Kier alpha value is -2.84. The molecule has 1 aromatic heterocycles. The van der Waals surface area contributed by atoms with Gasteiger partial charge in [0.2, 0.25) is 0 Å². The molecule has 1 aliphatic rings. The molecule has 0 bridgehead atoms. The van der Waals surface area contributed by atoms with Gasteiger partial charge in [-0.2, -0.15) is 0 Å². The van der Waals surface area contributed by atoms with E-state index in [0.717, 1.165) is 5.57 Å². The number of aromatic nitrogens is 3. The molecule has 0 fully saturated rings. The number of carboxylic acid groups (broad SMARTS) is 1. The summed E-state index contributed by atoms with van der Waals surface area (Å²) in [6, 6.07) is 5.29. The number of halogens is 3. The summed E-state index contributed by atoms with van der Waals surface area (Å²) in [6.07, 6.45) is 0.645. The number of aliphatic carboxylic acids is 1. The summed E-state index contributed by atoms with van der Waals surface area (Å²) in [4.78, 5) is 15.8. The molecule has 0 amide bonds. The van der Waals surface area contributed by atoms with E-state index in [1.807, 2.05) is 13.0 Å². The quantitative estimate of drug-likeness (QED) is 0.839. The molecule has 9 heteroatoms. The molecule has 0 aliphatic heterocycles. The number of hydrogen-bond donors (Lipinski definition) is 1. The number of allylic oxidation sites excluding steroid dienone is 2. The van der Waals surface area contributed by atoms with E-state index >= 15 is 0 Å². The molecule has 0 saturated heterocycles. The van der Waals surface area contributed by atoms with Crippen molar-refractivity contribution in [3.05, 3.63) is 42.5 Å². The molecule has 1 atom stereocenters.